The number of ether oxygens (including phenoxy) is 1. The summed E-state index contributed by atoms with van der Waals surface area (Å²) in [6.45, 7) is -0.0146. The number of hydrogen-bond acceptors (Lipinski definition) is 3. The Bertz CT molecular complexity index is 443. The van der Waals surface area contributed by atoms with Crippen molar-refractivity contribution >= 4 is 11.9 Å². The van der Waals surface area contributed by atoms with Crippen LogP contribution in [0.4, 0.5) is 4.39 Å². The second-order valence-electron chi connectivity index (χ2n) is 3.61. The minimum Gasteiger partial charge on any atom is -0.481 e. The zero-order valence-corrected chi connectivity index (χ0v) is 8.22. The first-order valence-electron chi connectivity index (χ1n) is 4.74. The van der Waals surface area contributed by atoms with Crippen LogP contribution in [0, 0.1) is 11.7 Å². The molecule has 4 nitrogen and oxygen atoms in total. The molecule has 5 heteroatoms. The van der Waals surface area contributed by atoms with Gasteiger partial charge in [-0.15, -0.1) is 0 Å². The third-order valence-corrected chi connectivity index (χ3v) is 2.60. The van der Waals surface area contributed by atoms with E-state index in [4.69, 9.17) is 9.84 Å². The van der Waals surface area contributed by atoms with Crippen LogP contribution in [0.5, 0.6) is 0 Å². The summed E-state index contributed by atoms with van der Waals surface area (Å²) in [5.74, 6) is -4.30. The Morgan fingerprint density at radius 1 is 1.50 bits per heavy atom. The number of benzene rings is 1. The Hall–Kier alpha value is -1.91. The number of hydrogen-bond donors (Lipinski definition) is 1. The molecule has 1 aromatic carbocycles. The van der Waals surface area contributed by atoms with E-state index >= 15 is 0 Å². The van der Waals surface area contributed by atoms with Crippen LogP contribution in [-0.4, -0.2) is 23.7 Å². The van der Waals surface area contributed by atoms with Crippen molar-refractivity contribution in [3.63, 3.8) is 0 Å². The van der Waals surface area contributed by atoms with Crippen LogP contribution in [0.2, 0.25) is 0 Å². The normalized spacial score (nSPS) is 24.2. The van der Waals surface area contributed by atoms with Gasteiger partial charge in [0.2, 0.25) is 0 Å². The average molecular weight is 224 g/mol. The minimum atomic E-state index is -1.24. The molecule has 1 aromatic rings. The number of halogens is 1. The lowest BCUT2D eigenvalue weighted by Crippen LogP contribution is -2.24. The fourth-order valence-electron chi connectivity index (χ4n) is 1.82. The number of carboxylic acids is 1. The first-order chi connectivity index (χ1) is 7.59. The Balaban J connectivity index is 2.34. The van der Waals surface area contributed by atoms with Gasteiger partial charge in [0, 0.05) is 5.92 Å². The zero-order valence-electron chi connectivity index (χ0n) is 8.22. The zero-order chi connectivity index (χ0) is 11.7. The van der Waals surface area contributed by atoms with E-state index in [2.05, 4.69) is 0 Å². The third kappa shape index (κ3) is 1.76. The largest absolute Gasteiger partial charge is 0.481 e. The van der Waals surface area contributed by atoms with Crippen LogP contribution in [0.3, 0.4) is 0 Å². The maximum atomic E-state index is 13.0. The van der Waals surface area contributed by atoms with Crippen LogP contribution in [0.15, 0.2) is 24.3 Å². The molecule has 16 heavy (non-hydrogen) atoms. The van der Waals surface area contributed by atoms with Gasteiger partial charge in [0.15, 0.2) is 5.92 Å². The van der Waals surface area contributed by atoms with Gasteiger partial charge >= 0.3 is 11.9 Å². The van der Waals surface area contributed by atoms with Crippen molar-refractivity contribution in [3.8, 4) is 0 Å². The number of aliphatic carboxylic acids is 1. The van der Waals surface area contributed by atoms with Gasteiger partial charge in [0.25, 0.3) is 0 Å². The summed E-state index contributed by atoms with van der Waals surface area (Å²) in [5, 5.41) is 8.89. The van der Waals surface area contributed by atoms with Gasteiger partial charge < -0.3 is 9.84 Å². The topological polar surface area (TPSA) is 63.6 Å². The summed E-state index contributed by atoms with van der Waals surface area (Å²) in [6.07, 6.45) is 0. The van der Waals surface area contributed by atoms with E-state index in [-0.39, 0.29) is 6.61 Å². The average Bonchev–Trinajstić information content (AvgIpc) is 2.60. The summed E-state index contributed by atoms with van der Waals surface area (Å²) >= 11 is 0. The molecule has 0 spiro atoms. The van der Waals surface area contributed by atoms with Crippen LogP contribution in [0.1, 0.15) is 11.5 Å². The van der Waals surface area contributed by atoms with Crippen molar-refractivity contribution in [1.29, 1.82) is 0 Å². The first kappa shape index (κ1) is 10.6. The van der Waals surface area contributed by atoms with Gasteiger partial charge in [-0.1, -0.05) is 12.1 Å². The van der Waals surface area contributed by atoms with Gasteiger partial charge in [-0.25, -0.2) is 4.39 Å². The molecule has 2 rings (SSSR count). The summed E-state index contributed by atoms with van der Waals surface area (Å²) in [7, 11) is 0. The van der Waals surface area contributed by atoms with Crippen molar-refractivity contribution in [2.45, 2.75) is 5.92 Å². The molecule has 1 N–H and O–H groups in total. The van der Waals surface area contributed by atoms with Crippen LogP contribution in [0.25, 0.3) is 0 Å². The van der Waals surface area contributed by atoms with E-state index in [0.717, 1.165) is 0 Å². The lowest BCUT2D eigenvalue weighted by Gasteiger charge is -2.11. The highest BCUT2D eigenvalue weighted by Crippen LogP contribution is 2.32. The van der Waals surface area contributed by atoms with Crippen LogP contribution in [-0.2, 0) is 14.3 Å². The predicted molar refractivity (Wildman–Crippen MR) is 51.2 cm³/mol. The molecule has 1 fully saturated rings. The van der Waals surface area contributed by atoms with Crippen molar-refractivity contribution in [2.24, 2.45) is 5.92 Å². The smallest absolute Gasteiger partial charge is 0.321 e. The molecule has 1 aliphatic heterocycles. The quantitative estimate of drug-likeness (QED) is 0.605. The minimum absolute atomic E-state index is 0.0146. The summed E-state index contributed by atoms with van der Waals surface area (Å²) in [6, 6.07) is 5.55. The van der Waals surface area contributed by atoms with Crippen LogP contribution < -0.4 is 0 Å². The molecule has 0 aliphatic carbocycles. The Morgan fingerprint density at radius 3 is 2.88 bits per heavy atom. The van der Waals surface area contributed by atoms with E-state index in [0.29, 0.717) is 5.56 Å². The number of carbonyl (C=O) groups is 2. The molecular weight excluding hydrogens is 215 g/mol. The predicted octanol–water partition coefficient (Wildman–Crippen LogP) is 1.17. The van der Waals surface area contributed by atoms with E-state index < -0.39 is 29.6 Å². The fourth-order valence-corrected chi connectivity index (χ4v) is 1.82. The molecule has 0 saturated carbocycles. The molecule has 84 valence electrons. The summed E-state index contributed by atoms with van der Waals surface area (Å²) in [5.41, 5.74) is 0.471. The standard InChI is InChI=1S/C11H9FO4/c12-7-3-1-2-6(4-7)8-5-16-11(15)9(8)10(13)14/h1-4,8-9H,5H2,(H,13,14)/t8-,9-/m0/s1. The highest BCUT2D eigenvalue weighted by Gasteiger charge is 2.43. The first-order valence-corrected chi connectivity index (χ1v) is 4.74. The monoisotopic (exact) mass is 224 g/mol. The molecule has 0 amide bonds. The van der Waals surface area contributed by atoms with E-state index in [1.807, 2.05) is 0 Å². The SMILES string of the molecule is O=C(O)[C@H]1C(=O)OC[C@H]1c1cccc(F)c1. The lowest BCUT2D eigenvalue weighted by molar-refractivity contribution is -0.152. The molecule has 0 aromatic heterocycles. The summed E-state index contributed by atoms with van der Waals surface area (Å²) < 4.78 is 17.7. The molecule has 1 saturated heterocycles. The lowest BCUT2D eigenvalue weighted by atomic mass is 9.88. The maximum absolute atomic E-state index is 13.0. The Morgan fingerprint density at radius 2 is 2.25 bits per heavy atom. The summed E-state index contributed by atoms with van der Waals surface area (Å²) in [4.78, 5) is 22.1. The molecule has 0 bridgehead atoms. The maximum Gasteiger partial charge on any atom is 0.321 e. The number of cyclic esters (lactones) is 1. The van der Waals surface area contributed by atoms with Crippen LogP contribution >= 0.6 is 0 Å². The Labute approximate surface area is 90.6 Å². The van der Waals surface area contributed by atoms with Crippen molar-refractivity contribution in [2.75, 3.05) is 6.61 Å². The number of rotatable bonds is 2. The molecule has 0 radical (unpaired) electrons. The Kier molecular flexibility index (Phi) is 2.60. The van der Waals surface area contributed by atoms with Gasteiger partial charge in [0.05, 0.1) is 6.61 Å². The van der Waals surface area contributed by atoms with E-state index in [1.165, 1.54) is 18.2 Å². The van der Waals surface area contributed by atoms with Crippen molar-refractivity contribution < 1.29 is 23.8 Å². The highest BCUT2D eigenvalue weighted by atomic mass is 19.1. The molecule has 2 atom stereocenters. The second-order valence-corrected chi connectivity index (χ2v) is 3.61. The number of carboxylic acid groups (broad SMARTS) is 1. The number of esters is 1. The highest BCUT2D eigenvalue weighted by molar-refractivity contribution is 5.96. The second kappa shape index (κ2) is 3.92. The molecule has 1 heterocycles. The van der Waals surface area contributed by atoms with Gasteiger partial charge in [-0.2, -0.15) is 0 Å². The molecule has 1 aliphatic rings. The number of carbonyl (C=O) groups excluding carboxylic acids is 1. The third-order valence-electron chi connectivity index (χ3n) is 2.60. The van der Waals surface area contributed by atoms with Gasteiger partial charge in [-0.05, 0) is 17.7 Å². The fraction of sp³-hybridized carbons (Fsp3) is 0.273. The van der Waals surface area contributed by atoms with Crippen molar-refractivity contribution in [3.05, 3.63) is 35.6 Å². The molecular formula is C11H9FO4. The van der Waals surface area contributed by atoms with E-state index in [9.17, 15) is 14.0 Å². The van der Waals surface area contributed by atoms with Gasteiger partial charge in [-0.3, -0.25) is 9.59 Å². The van der Waals surface area contributed by atoms with Crippen molar-refractivity contribution in [1.82, 2.24) is 0 Å². The van der Waals surface area contributed by atoms with E-state index in [1.54, 1.807) is 6.07 Å². The van der Waals surface area contributed by atoms with Gasteiger partial charge in [0.1, 0.15) is 5.82 Å². The molecule has 0 unspecified atom stereocenters.